The van der Waals surface area contributed by atoms with Crippen LogP contribution in [0.1, 0.15) is 11.1 Å². The number of phenols is 1. The molecule has 0 saturated carbocycles. The average Bonchev–Trinajstić information content (AvgIpc) is 2.64. The summed E-state index contributed by atoms with van der Waals surface area (Å²) < 4.78 is 0.557. The number of hydrogen-bond donors (Lipinski definition) is 3. The highest BCUT2D eigenvalue weighted by molar-refractivity contribution is 9.10. The molecule has 0 aliphatic carbocycles. The standard InChI is InChI=1S/C19H16BrN3O2/c20-16-10-13(8-9-17(16)24)19(22-11-18(25)23-21)15-7-3-5-12-4-1-2-6-14(12)15/h1-10,24H,11,21H2,(H,23,25). The minimum atomic E-state index is -0.379. The topological polar surface area (TPSA) is 87.7 Å². The second-order valence-electron chi connectivity index (χ2n) is 5.43. The predicted molar refractivity (Wildman–Crippen MR) is 103 cm³/mol. The maximum Gasteiger partial charge on any atom is 0.255 e. The largest absolute Gasteiger partial charge is 0.507 e. The van der Waals surface area contributed by atoms with Crippen LogP contribution in [0.4, 0.5) is 0 Å². The Bertz CT molecular complexity index is 965. The molecule has 0 saturated heterocycles. The van der Waals surface area contributed by atoms with E-state index in [0.29, 0.717) is 10.2 Å². The van der Waals surface area contributed by atoms with Crippen molar-refractivity contribution in [2.45, 2.75) is 0 Å². The minimum absolute atomic E-state index is 0.0897. The minimum Gasteiger partial charge on any atom is -0.507 e. The van der Waals surface area contributed by atoms with Crippen molar-refractivity contribution in [3.05, 3.63) is 76.3 Å². The van der Waals surface area contributed by atoms with Crippen LogP contribution in [-0.4, -0.2) is 23.3 Å². The quantitative estimate of drug-likeness (QED) is 0.273. The molecule has 6 heteroatoms. The van der Waals surface area contributed by atoms with E-state index >= 15 is 0 Å². The summed E-state index contributed by atoms with van der Waals surface area (Å²) in [5, 5.41) is 11.9. The molecule has 126 valence electrons. The van der Waals surface area contributed by atoms with Crippen molar-refractivity contribution in [3.8, 4) is 5.75 Å². The maximum atomic E-state index is 11.6. The second-order valence-corrected chi connectivity index (χ2v) is 6.28. The first kappa shape index (κ1) is 17.1. The van der Waals surface area contributed by atoms with E-state index in [1.54, 1.807) is 18.2 Å². The van der Waals surface area contributed by atoms with Gasteiger partial charge in [0.2, 0.25) is 0 Å². The maximum absolute atomic E-state index is 11.6. The number of hydrogen-bond acceptors (Lipinski definition) is 4. The molecule has 0 bridgehead atoms. The van der Waals surface area contributed by atoms with E-state index in [2.05, 4.69) is 26.3 Å². The number of amides is 1. The van der Waals surface area contributed by atoms with Gasteiger partial charge in [-0.2, -0.15) is 0 Å². The third-order valence-electron chi connectivity index (χ3n) is 3.81. The first-order valence-corrected chi connectivity index (χ1v) is 8.40. The number of nitrogens with two attached hydrogens (primary N) is 1. The Balaban J connectivity index is 2.19. The molecular weight excluding hydrogens is 382 g/mol. The Labute approximate surface area is 153 Å². The number of carbonyl (C=O) groups excluding carboxylic acids is 1. The Morgan fingerprint density at radius 3 is 2.64 bits per heavy atom. The van der Waals surface area contributed by atoms with Crippen LogP contribution in [0.15, 0.2) is 70.1 Å². The molecule has 0 atom stereocenters. The molecule has 0 unspecified atom stereocenters. The van der Waals surface area contributed by atoms with Gasteiger partial charge in [0.15, 0.2) is 0 Å². The fourth-order valence-electron chi connectivity index (χ4n) is 2.61. The fraction of sp³-hybridized carbons (Fsp3) is 0.0526. The summed E-state index contributed by atoms with van der Waals surface area (Å²) >= 11 is 3.33. The lowest BCUT2D eigenvalue weighted by Crippen LogP contribution is -2.32. The number of aliphatic imine (C=N–C) groups is 1. The number of hydrazine groups is 1. The number of phenolic OH excluding ortho intramolecular Hbond substituents is 1. The molecule has 25 heavy (non-hydrogen) atoms. The van der Waals surface area contributed by atoms with Crippen molar-refractivity contribution in [2.75, 3.05) is 6.54 Å². The zero-order valence-corrected chi connectivity index (χ0v) is 14.8. The van der Waals surface area contributed by atoms with E-state index in [1.807, 2.05) is 42.5 Å². The monoisotopic (exact) mass is 397 g/mol. The van der Waals surface area contributed by atoms with Gasteiger partial charge in [-0.15, -0.1) is 0 Å². The van der Waals surface area contributed by atoms with Crippen molar-refractivity contribution in [2.24, 2.45) is 10.8 Å². The molecule has 1 amide bonds. The highest BCUT2D eigenvalue weighted by Crippen LogP contribution is 2.28. The molecule has 0 fully saturated rings. The molecule has 0 radical (unpaired) electrons. The van der Waals surface area contributed by atoms with Gasteiger partial charge in [0.05, 0.1) is 10.2 Å². The second kappa shape index (κ2) is 7.46. The van der Waals surface area contributed by atoms with Gasteiger partial charge in [-0.3, -0.25) is 15.2 Å². The summed E-state index contributed by atoms with van der Waals surface area (Å²) in [4.78, 5) is 16.0. The van der Waals surface area contributed by atoms with Crippen LogP contribution in [0.5, 0.6) is 5.75 Å². The number of benzene rings is 3. The smallest absolute Gasteiger partial charge is 0.255 e. The van der Waals surface area contributed by atoms with Gasteiger partial charge >= 0.3 is 0 Å². The van der Waals surface area contributed by atoms with Gasteiger partial charge in [0.1, 0.15) is 12.3 Å². The van der Waals surface area contributed by atoms with E-state index in [0.717, 1.165) is 21.9 Å². The molecule has 5 nitrogen and oxygen atoms in total. The lowest BCUT2D eigenvalue weighted by molar-refractivity contribution is -0.119. The summed E-state index contributed by atoms with van der Waals surface area (Å²) in [5.74, 6) is 4.92. The van der Waals surface area contributed by atoms with Crippen molar-refractivity contribution < 1.29 is 9.90 Å². The summed E-state index contributed by atoms with van der Waals surface area (Å²) in [5.41, 5.74) is 4.43. The molecule has 0 heterocycles. The van der Waals surface area contributed by atoms with E-state index in [1.165, 1.54) is 0 Å². The summed E-state index contributed by atoms with van der Waals surface area (Å²) in [6, 6.07) is 19.0. The van der Waals surface area contributed by atoms with Crippen LogP contribution in [0.25, 0.3) is 10.8 Å². The van der Waals surface area contributed by atoms with Crippen LogP contribution in [0, 0.1) is 0 Å². The van der Waals surface area contributed by atoms with Crippen molar-refractivity contribution in [1.29, 1.82) is 0 Å². The van der Waals surface area contributed by atoms with E-state index in [-0.39, 0.29) is 18.2 Å². The number of halogens is 1. The van der Waals surface area contributed by atoms with Gasteiger partial charge in [0.25, 0.3) is 5.91 Å². The van der Waals surface area contributed by atoms with Crippen LogP contribution >= 0.6 is 15.9 Å². The number of fused-ring (bicyclic) bond motifs is 1. The van der Waals surface area contributed by atoms with Crippen molar-refractivity contribution in [3.63, 3.8) is 0 Å². The van der Waals surface area contributed by atoms with Crippen LogP contribution in [0.2, 0.25) is 0 Å². The third kappa shape index (κ3) is 3.70. The predicted octanol–water partition coefficient (Wildman–Crippen LogP) is 3.14. The summed E-state index contributed by atoms with van der Waals surface area (Å²) in [6.07, 6.45) is 0. The Kier molecular flexibility index (Phi) is 5.11. The van der Waals surface area contributed by atoms with Crippen LogP contribution in [-0.2, 0) is 4.79 Å². The number of carbonyl (C=O) groups is 1. The molecular formula is C19H16BrN3O2. The first-order chi connectivity index (χ1) is 12.1. The number of aromatic hydroxyl groups is 1. The molecule has 3 aromatic carbocycles. The molecule has 0 spiro atoms. The number of nitrogens with zero attached hydrogens (tertiary/aromatic N) is 1. The normalized spacial score (nSPS) is 11.5. The zero-order valence-electron chi connectivity index (χ0n) is 13.2. The molecule has 0 aliphatic heterocycles. The highest BCUT2D eigenvalue weighted by Gasteiger charge is 2.13. The van der Waals surface area contributed by atoms with Gasteiger partial charge in [0, 0.05) is 11.1 Å². The van der Waals surface area contributed by atoms with Gasteiger partial charge in [-0.25, -0.2) is 5.84 Å². The Hall–Kier alpha value is -2.70. The Morgan fingerprint density at radius 1 is 1.12 bits per heavy atom. The molecule has 0 aliphatic rings. The molecule has 0 aromatic heterocycles. The van der Waals surface area contributed by atoms with E-state index in [9.17, 15) is 9.90 Å². The van der Waals surface area contributed by atoms with Gasteiger partial charge < -0.3 is 5.11 Å². The Morgan fingerprint density at radius 2 is 1.88 bits per heavy atom. The average molecular weight is 398 g/mol. The van der Waals surface area contributed by atoms with Crippen LogP contribution < -0.4 is 11.3 Å². The van der Waals surface area contributed by atoms with Gasteiger partial charge in [-0.1, -0.05) is 42.5 Å². The molecule has 3 rings (SSSR count). The van der Waals surface area contributed by atoms with Gasteiger partial charge in [-0.05, 0) is 44.9 Å². The zero-order chi connectivity index (χ0) is 17.8. The molecule has 4 N–H and O–H groups in total. The molecule has 3 aromatic rings. The van der Waals surface area contributed by atoms with Crippen LogP contribution in [0.3, 0.4) is 0 Å². The highest BCUT2D eigenvalue weighted by atomic mass is 79.9. The fourth-order valence-corrected chi connectivity index (χ4v) is 2.99. The van der Waals surface area contributed by atoms with E-state index in [4.69, 9.17) is 5.84 Å². The van der Waals surface area contributed by atoms with E-state index < -0.39 is 0 Å². The lowest BCUT2D eigenvalue weighted by atomic mass is 9.96. The SMILES string of the molecule is NNC(=O)CN=C(c1ccc(O)c(Br)c1)c1cccc2ccccc12. The first-order valence-electron chi connectivity index (χ1n) is 7.61. The number of nitrogens with one attached hydrogen (secondary N) is 1. The lowest BCUT2D eigenvalue weighted by Gasteiger charge is -2.12. The summed E-state index contributed by atoms with van der Waals surface area (Å²) in [6.45, 7) is -0.0897. The van der Waals surface area contributed by atoms with Crippen molar-refractivity contribution >= 4 is 38.3 Å². The third-order valence-corrected chi connectivity index (χ3v) is 4.44. The number of rotatable bonds is 4. The summed E-state index contributed by atoms with van der Waals surface area (Å²) in [7, 11) is 0. The van der Waals surface area contributed by atoms with Crippen molar-refractivity contribution in [1.82, 2.24) is 5.43 Å².